The molecule has 2 aliphatic heterocycles. The summed E-state index contributed by atoms with van der Waals surface area (Å²) < 4.78 is 5.24. The molecule has 2 N–H and O–H groups in total. The fourth-order valence-corrected chi connectivity index (χ4v) is 3.36. The minimum atomic E-state index is 0.351. The van der Waals surface area contributed by atoms with Gasteiger partial charge in [0, 0.05) is 24.2 Å². The van der Waals surface area contributed by atoms with Gasteiger partial charge in [0.1, 0.15) is 11.6 Å². The number of rotatable bonds is 2. The van der Waals surface area contributed by atoms with Crippen molar-refractivity contribution in [3.63, 3.8) is 0 Å². The predicted molar refractivity (Wildman–Crippen MR) is 69.8 cm³/mol. The Kier molecular flexibility index (Phi) is 2.86. The van der Waals surface area contributed by atoms with Crippen molar-refractivity contribution in [3.05, 3.63) is 11.9 Å². The van der Waals surface area contributed by atoms with Crippen LogP contribution >= 0.6 is 0 Å². The Labute approximate surface area is 107 Å². The zero-order chi connectivity index (χ0) is 12.7. The normalized spacial score (nSPS) is 30.6. The molecule has 18 heavy (non-hydrogen) atoms. The first kappa shape index (κ1) is 11.7. The van der Waals surface area contributed by atoms with Crippen molar-refractivity contribution < 1.29 is 4.74 Å². The van der Waals surface area contributed by atoms with Crippen LogP contribution in [0.2, 0.25) is 0 Å². The smallest absolute Gasteiger partial charge is 0.218 e. The minimum Gasteiger partial charge on any atom is -0.481 e. The summed E-state index contributed by atoms with van der Waals surface area (Å²) in [6.07, 6.45) is 4.59. The summed E-state index contributed by atoms with van der Waals surface area (Å²) in [4.78, 5) is 11.2. The van der Waals surface area contributed by atoms with Gasteiger partial charge in [-0.25, -0.2) is 4.98 Å². The number of aryl methyl sites for hydroxylation is 1. The van der Waals surface area contributed by atoms with E-state index in [0.29, 0.717) is 24.0 Å². The van der Waals surface area contributed by atoms with Gasteiger partial charge in [0.2, 0.25) is 5.88 Å². The molecule has 98 valence electrons. The van der Waals surface area contributed by atoms with E-state index in [-0.39, 0.29) is 0 Å². The van der Waals surface area contributed by atoms with E-state index >= 15 is 0 Å². The summed E-state index contributed by atoms with van der Waals surface area (Å²) in [6.45, 7) is 1.91. The molecule has 5 nitrogen and oxygen atoms in total. The third kappa shape index (κ3) is 1.92. The van der Waals surface area contributed by atoms with Gasteiger partial charge >= 0.3 is 0 Å². The lowest BCUT2D eigenvalue weighted by Crippen LogP contribution is -2.48. The zero-order valence-electron chi connectivity index (χ0n) is 11.0. The van der Waals surface area contributed by atoms with Gasteiger partial charge in [-0.15, -0.1) is 0 Å². The molecule has 0 aliphatic carbocycles. The first-order chi connectivity index (χ1) is 8.67. The summed E-state index contributed by atoms with van der Waals surface area (Å²) in [5.41, 5.74) is 6.10. The van der Waals surface area contributed by atoms with E-state index in [1.165, 1.54) is 12.8 Å². The summed E-state index contributed by atoms with van der Waals surface area (Å²) in [7, 11) is 1.65. The van der Waals surface area contributed by atoms with Gasteiger partial charge in [-0.05, 0) is 32.6 Å². The topological polar surface area (TPSA) is 64.3 Å². The Morgan fingerprint density at radius 1 is 1.28 bits per heavy atom. The number of fused-ring (bicyclic) bond motifs is 2. The highest BCUT2D eigenvalue weighted by Crippen LogP contribution is 2.38. The maximum absolute atomic E-state index is 6.10. The fraction of sp³-hybridized carbons (Fsp3) is 0.692. The Morgan fingerprint density at radius 3 is 2.56 bits per heavy atom. The summed E-state index contributed by atoms with van der Waals surface area (Å²) >= 11 is 0. The molecule has 0 radical (unpaired) electrons. The molecule has 2 unspecified atom stereocenters. The molecule has 1 aromatic rings. The lowest BCUT2D eigenvalue weighted by molar-refractivity contribution is 0.390. The molecule has 2 bridgehead atoms. The standard InChI is InChI=1S/C13H20N4O/c1-8-15-12(7-13(16-8)18-2)17-10-3-4-11(17)6-9(14)5-10/h7,9-11H,3-6,14H2,1-2H3. The molecule has 0 spiro atoms. The third-order valence-electron chi connectivity index (χ3n) is 4.04. The number of anilines is 1. The van der Waals surface area contributed by atoms with Crippen molar-refractivity contribution in [3.8, 4) is 5.88 Å². The number of methoxy groups -OCH3 is 1. The summed E-state index contributed by atoms with van der Waals surface area (Å²) in [6, 6.07) is 3.37. The van der Waals surface area contributed by atoms with Crippen LogP contribution in [0.5, 0.6) is 5.88 Å². The van der Waals surface area contributed by atoms with Crippen LogP contribution in [0.15, 0.2) is 6.07 Å². The first-order valence-corrected chi connectivity index (χ1v) is 6.61. The third-order valence-corrected chi connectivity index (χ3v) is 4.04. The van der Waals surface area contributed by atoms with Gasteiger partial charge in [-0.2, -0.15) is 4.98 Å². The average Bonchev–Trinajstić information content (AvgIpc) is 2.61. The van der Waals surface area contributed by atoms with Gasteiger partial charge in [0.25, 0.3) is 0 Å². The SMILES string of the molecule is COc1cc(N2C3CCC2CC(N)C3)nc(C)n1. The van der Waals surface area contributed by atoms with Crippen molar-refractivity contribution in [2.75, 3.05) is 12.0 Å². The molecule has 0 amide bonds. The Balaban J connectivity index is 1.93. The Bertz CT molecular complexity index is 437. The molecule has 2 atom stereocenters. The quantitative estimate of drug-likeness (QED) is 0.853. The lowest BCUT2D eigenvalue weighted by Gasteiger charge is -2.38. The second-order valence-electron chi connectivity index (χ2n) is 5.34. The van der Waals surface area contributed by atoms with Crippen molar-refractivity contribution in [1.82, 2.24) is 9.97 Å². The van der Waals surface area contributed by atoms with Gasteiger partial charge in [-0.1, -0.05) is 0 Å². The second-order valence-corrected chi connectivity index (χ2v) is 5.34. The van der Waals surface area contributed by atoms with Crippen LogP contribution in [-0.4, -0.2) is 35.2 Å². The summed E-state index contributed by atoms with van der Waals surface area (Å²) in [5, 5.41) is 0. The first-order valence-electron chi connectivity index (χ1n) is 6.61. The van der Waals surface area contributed by atoms with E-state index in [2.05, 4.69) is 14.9 Å². The van der Waals surface area contributed by atoms with Crippen LogP contribution in [-0.2, 0) is 0 Å². The molecule has 1 aromatic heterocycles. The van der Waals surface area contributed by atoms with Crippen molar-refractivity contribution >= 4 is 5.82 Å². The van der Waals surface area contributed by atoms with E-state index in [4.69, 9.17) is 10.5 Å². The largest absolute Gasteiger partial charge is 0.481 e. The number of nitrogens with zero attached hydrogens (tertiary/aromatic N) is 3. The predicted octanol–water partition coefficient (Wildman–Crippen LogP) is 1.25. The number of nitrogens with two attached hydrogens (primary N) is 1. The molecule has 2 aliphatic rings. The molecule has 0 saturated carbocycles. The van der Waals surface area contributed by atoms with E-state index in [1.54, 1.807) is 7.11 Å². The number of hydrogen-bond acceptors (Lipinski definition) is 5. The average molecular weight is 248 g/mol. The zero-order valence-corrected chi connectivity index (χ0v) is 11.0. The molecule has 3 heterocycles. The Hall–Kier alpha value is -1.36. The molecule has 5 heteroatoms. The van der Waals surface area contributed by atoms with Gasteiger partial charge in [0.05, 0.1) is 7.11 Å². The number of aromatic nitrogens is 2. The maximum Gasteiger partial charge on any atom is 0.218 e. The number of piperidine rings is 1. The van der Waals surface area contributed by atoms with Gasteiger partial charge < -0.3 is 15.4 Å². The van der Waals surface area contributed by atoms with Crippen LogP contribution in [0.25, 0.3) is 0 Å². The van der Waals surface area contributed by atoms with Crippen LogP contribution in [0.3, 0.4) is 0 Å². The van der Waals surface area contributed by atoms with Gasteiger partial charge in [0.15, 0.2) is 0 Å². The Morgan fingerprint density at radius 2 is 1.94 bits per heavy atom. The van der Waals surface area contributed by atoms with E-state index in [0.717, 1.165) is 24.5 Å². The van der Waals surface area contributed by atoms with Crippen molar-refractivity contribution in [1.29, 1.82) is 0 Å². The van der Waals surface area contributed by atoms with Crippen LogP contribution in [0.4, 0.5) is 5.82 Å². The van der Waals surface area contributed by atoms with Gasteiger partial charge in [-0.3, -0.25) is 0 Å². The monoisotopic (exact) mass is 248 g/mol. The maximum atomic E-state index is 6.10. The van der Waals surface area contributed by atoms with E-state index in [9.17, 15) is 0 Å². The van der Waals surface area contributed by atoms with E-state index < -0.39 is 0 Å². The molecular weight excluding hydrogens is 228 g/mol. The molecular formula is C13H20N4O. The summed E-state index contributed by atoms with van der Waals surface area (Å²) in [5.74, 6) is 2.41. The van der Waals surface area contributed by atoms with Crippen LogP contribution in [0, 0.1) is 6.92 Å². The van der Waals surface area contributed by atoms with E-state index in [1.807, 2.05) is 13.0 Å². The van der Waals surface area contributed by atoms with Crippen LogP contribution in [0.1, 0.15) is 31.5 Å². The highest BCUT2D eigenvalue weighted by molar-refractivity contribution is 5.46. The molecule has 3 rings (SSSR count). The van der Waals surface area contributed by atoms with Crippen molar-refractivity contribution in [2.24, 2.45) is 5.73 Å². The second kappa shape index (κ2) is 4.39. The minimum absolute atomic E-state index is 0.351. The van der Waals surface area contributed by atoms with Crippen molar-refractivity contribution in [2.45, 2.75) is 50.7 Å². The fourth-order valence-electron chi connectivity index (χ4n) is 3.36. The molecule has 0 aromatic carbocycles. The molecule has 2 fully saturated rings. The van der Waals surface area contributed by atoms with Crippen LogP contribution < -0.4 is 15.4 Å². The molecule has 2 saturated heterocycles. The highest BCUT2D eigenvalue weighted by Gasteiger charge is 2.40. The lowest BCUT2D eigenvalue weighted by atomic mass is 9.98. The highest BCUT2D eigenvalue weighted by atomic mass is 16.5. The number of ether oxygens (including phenoxy) is 1. The number of hydrogen-bond donors (Lipinski definition) is 1.